The highest BCUT2D eigenvalue weighted by Gasteiger charge is 2.11. The summed E-state index contributed by atoms with van der Waals surface area (Å²) in [7, 11) is 3.38. The Labute approximate surface area is 173 Å². The SMILES string of the molecule is COc1ccc(/C=C/C(=O)Nc2ccccc2C(=O)O)cc1OCc1ccnn1C. The van der Waals surface area contributed by atoms with E-state index in [-0.39, 0.29) is 11.3 Å². The van der Waals surface area contributed by atoms with Crippen molar-refractivity contribution >= 4 is 23.6 Å². The Morgan fingerprint density at radius 2 is 1.97 bits per heavy atom. The predicted octanol–water partition coefficient (Wildman–Crippen LogP) is 3.36. The van der Waals surface area contributed by atoms with Gasteiger partial charge >= 0.3 is 5.97 Å². The Morgan fingerprint density at radius 3 is 2.67 bits per heavy atom. The van der Waals surface area contributed by atoms with E-state index in [0.29, 0.717) is 18.1 Å². The van der Waals surface area contributed by atoms with Gasteiger partial charge < -0.3 is 19.9 Å². The predicted molar refractivity (Wildman–Crippen MR) is 112 cm³/mol. The number of anilines is 1. The van der Waals surface area contributed by atoms with E-state index in [1.165, 1.54) is 18.2 Å². The van der Waals surface area contributed by atoms with E-state index in [4.69, 9.17) is 9.47 Å². The Hall–Kier alpha value is -4.07. The van der Waals surface area contributed by atoms with Crippen molar-refractivity contribution in [3.8, 4) is 11.5 Å². The number of para-hydroxylation sites is 1. The molecule has 0 aliphatic rings. The zero-order valence-electron chi connectivity index (χ0n) is 16.5. The fourth-order valence-electron chi connectivity index (χ4n) is 2.73. The third kappa shape index (κ3) is 5.05. The van der Waals surface area contributed by atoms with Gasteiger partial charge in [-0.3, -0.25) is 9.48 Å². The molecule has 1 aromatic heterocycles. The van der Waals surface area contributed by atoms with Crippen LogP contribution in [-0.4, -0.2) is 33.9 Å². The van der Waals surface area contributed by atoms with Gasteiger partial charge in [-0.25, -0.2) is 4.79 Å². The number of aryl methyl sites for hydroxylation is 1. The smallest absolute Gasteiger partial charge is 0.337 e. The number of aromatic carboxylic acids is 1. The van der Waals surface area contributed by atoms with Crippen molar-refractivity contribution in [1.82, 2.24) is 9.78 Å². The van der Waals surface area contributed by atoms with E-state index in [9.17, 15) is 14.7 Å². The lowest BCUT2D eigenvalue weighted by Crippen LogP contribution is -2.11. The number of carbonyl (C=O) groups excluding carboxylic acids is 1. The lowest BCUT2D eigenvalue weighted by atomic mass is 10.1. The highest BCUT2D eigenvalue weighted by Crippen LogP contribution is 2.29. The molecule has 1 amide bonds. The molecule has 3 aromatic rings. The first-order chi connectivity index (χ1) is 14.5. The molecular formula is C22H21N3O5. The van der Waals surface area contributed by atoms with E-state index in [0.717, 1.165) is 11.3 Å². The second-order valence-corrected chi connectivity index (χ2v) is 6.32. The summed E-state index contributed by atoms with van der Waals surface area (Å²) in [5.74, 6) is -0.469. The van der Waals surface area contributed by atoms with Crippen molar-refractivity contribution in [3.05, 3.63) is 77.6 Å². The van der Waals surface area contributed by atoms with E-state index >= 15 is 0 Å². The molecule has 3 rings (SSSR count). The summed E-state index contributed by atoms with van der Waals surface area (Å²) in [5.41, 5.74) is 1.87. The number of nitrogens with one attached hydrogen (secondary N) is 1. The van der Waals surface area contributed by atoms with Gasteiger partial charge in [0.2, 0.25) is 5.91 Å². The topological polar surface area (TPSA) is 103 Å². The summed E-state index contributed by atoms with van der Waals surface area (Å²) >= 11 is 0. The molecule has 8 heteroatoms. The van der Waals surface area contributed by atoms with Crippen LogP contribution in [0.1, 0.15) is 21.6 Å². The first-order valence-corrected chi connectivity index (χ1v) is 9.07. The molecule has 0 saturated heterocycles. The monoisotopic (exact) mass is 407 g/mol. The number of benzene rings is 2. The molecule has 2 N–H and O–H groups in total. The Kier molecular flexibility index (Phi) is 6.49. The third-order valence-electron chi connectivity index (χ3n) is 4.33. The highest BCUT2D eigenvalue weighted by molar-refractivity contribution is 6.06. The summed E-state index contributed by atoms with van der Waals surface area (Å²) < 4.78 is 12.9. The molecule has 30 heavy (non-hydrogen) atoms. The maximum Gasteiger partial charge on any atom is 0.337 e. The van der Waals surface area contributed by atoms with Crippen LogP contribution in [-0.2, 0) is 18.4 Å². The summed E-state index contributed by atoms with van der Waals surface area (Å²) in [6, 6.07) is 13.4. The lowest BCUT2D eigenvalue weighted by Gasteiger charge is -2.11. The molecule has 154 valence electrons. The first kappa shape index (κ1) is 20.7. The molecule has 1 heterocycles. The van der Waals surface area contributed by atoms with Crippen LogP contribution in [0.4, 0.5) is 5.69 Å². The van der Waals surface area contributed by atoms with E-state index < -0.39 is 11.9 Å². The van der Waals surface area contributed by atoms with Crippen LogP contribution in [0.5, 0.6) is 11.5 Å². The second kappa shape index (κ2) is 9.42. The highest BCUT2D eigenvalue weighted by atomic mass is 16.5. The number of carboxylic acid groups (broad SMARTS) is 1. The molecule has 0 unspecified atom stereocenters. The maximum atomic E-state index is 12.2. The van der Waals surface area contributed by atoms with Gasteiger partial charge in [-0.15, -0.1) is 0 Å². The average molecular weight is 407 g/mol. The van der Waals surface area contributed by atoms with Gasteiger partial charge in [0.25, 0.3) is 0 Å². The summed E-state index contributed by atoms with van der Waals surface area (Å²) in [4.78, 5) is 23.5. The maximum absolute atomic E-state index is 12.2. The standard InChI is InChI=1S/C22H21N3O5/c1-25-16(11-12-23-25)14-30-20-13-15(7-9-19(20)29-2)8-10-21(26)24-18-6-4-3-5-17(18)22(27)28/h3-13H,14H2,1-2H3,(H,24,26)(H,27,28)/b10-8+. The van der Waals surface area contributed by atoms with Crippen LogP contribution < -0.4 is 14.8 Å². The number of hydrogen-bond acceptors (Lipinski definition) is 5. The first-order valence-electron chi connectivity index (χ1n) is 9.07. The van der Waals surface area contributed by atoms with Crippen molar-refractivity contribution in [2.75, 3.05) is 12.4 Å². The minimum atomic E-state index is -1.11. The van der Waals surface area contributed by atoms with Gasteiger partial charge in [0.1, 0.15) is 6.61 Å². The normalized spacial score (nSPS) is 10.7. The van der Waals surface area contributed by atoms with Crippen molar-refractivity contribution in [1.29, 1.82) is 0 Å². The molecule has 8 nitrogen and oxygen atoms in total. The molecule has 0 aliphatic carbocycles. The number of methoxy groups -OCH3 is 1. The van der Waals surface area contributed by atoms with Crippen LogP contribution in [0, 0.1) is 0 Å². The summed E-state index contributed by atoms with van der Waals surface area (Å²) in [5, 5.41) is 15.9. The van der Waals surface area contributed by atoms with Crippen LogP contribution in [0.25, 0.3) is 6.08 Å². The second-order valence-electron chi connectivity index (χ2n) is 6.32. The molecule has 0 radical (unpaired) electrons. The molecule has 0 fully saturated rings. The largest absolute Gasteiger partial charge is 0.493 e. The number of aromatic nitrogens is 2. The van der Waals surface area contributed by atoms with Crippen molar-refractivity contribution in [3.63, 3.8) is 0 Å². The van der Waals surface area contributed by atoms with Crippen LogP contribution in [0.3, 0.4) is 0 Å². The average Bonchev–Trinajstić information content (AvgIpc) is 3.15. The molecule has 0 atom stereocenters. The number of carbonyl (C=O) groups is 2. The van der Waals surface area contributed by atoms with Crippen LogP contribution in [0.2, 0.25) is 0 Å². The molecule has 0 bridgehead atoms. The molecule has 0 aliphatic heterocycles. The molecular weight excluding hydrogens is 386 g/mol. The zero-order valence-corrected chi connectivity index (χ0v) is 16.5. The third-order valence-corrected chi connectivity index (χ3v) is 4.33. The van der Waals surface area contributed by atoms with Crippen molar-refractivity contribution < 1.29 is 24.2 Å². The van der Waals surface area contributed by atoms with E-state index in [1.54, 1.807) is 54.4 Å². The van der Waals surface area contributed by atoms with E-state index in [1.807, 2.05) is 13.1 Å². The van der Waals surface area contributed by atoms with Gasteiger partial charge in [-0.2, -0.15) is 5.10 Å². The van der Waals surface area contributed by atoms with Crippen LogP contribution in [0.15, 0.2) is 60.8 Å². The minimum absolute atomic E-state index is 0.0227. The summed E-state index contributed by atoms with van der Waals surface area (Å²) in [6.45, 7) is 0.312. The Balaban J connectivity index is 1.71. The van der Waals surface area contributed by atoms with Crippen LogP contribution >= 0.6 is 0 Å². The van der Waals surface area contributed by atoms with Crippen molar-refractivity contribution in [2.24, 2.45) is 7.05 Å². The van der Waals surface area contributed by atoms with Gasteiger partial charge in [0.05, 0.1) is 24.1 Å². The number of ether oxygens (including phenoxy) is 2. The fourth-order valence-corrected chi connectivity index (χ4v) is 2.73. The fraction of sp³-hybridized carbons (Fsp3) is 0.136. The Bertz CT molecular complexity index is 1090. The quantitative estimate of drug-likeness (QED) is 0.555. The number of hydrogen-bond donors (Lipinski definition) is 2. The summed E-state index contributed by atoms with van der Waals surface area (Å²) in [6.07, 6.45) is 4.62. The van der Waals surface area contributed by atoms with Gasteiger partial charge in [-0.1, -0.05) is 18.2 Å². The molecule has 0 spiro atoms. The van der Waals surface area contributed by atoms with Gasteiger partial charge in [0, 0.05) is 19.3 Å². The minimum Gasteiger partial charge on any atom is -0.493 e. The molecule has 2 aromatic carbocycles. The van der Waals surface area contributed by atoms with Gasteiger partial charge in [0.15, 0.2) is 11.5 Å². The zero-order chi connectivity index (χ0) is 21.5. The lowest BCUT2D eigenvalue weighted by molar-refractivity contribution is -0.111. The van der Waals surface area contributed by atoms with E-state index in [2.05, 4.69) is 10.4 Å². The number of amides is 1. The number of carboxylic acids is 1. The Morgan fingerprint density at radius 1 is 1.17 bits per heavy atom. The number of nitrogens with zero attached hydrogens (tertiary/aromatic N) is 2. The number of rotatable bonds is 8. The van der Waals surface area contributed by atoms with Crippen molar-refractivity contribution in [2.45, 2.75) is 6.61 Å². The van der Waals surface area contributed by atoms with Gasteiger partial charge in [-0.05, 0) is 42.0 Å². The molecule has 0 saturated carbocycles.